The number of rotatable bonds is 5. The van der Waals surface area contributed by atoms with Crippen LogP contribution in [0.2, 0.25) is 0 Å². The first kappa shape index (κ1) is 27.0. The summed E-state index contributed by atoms with van der Waals surface area (Å²) in [6.07, 6.45) is 0. The molecule has 0 fully saturated rings. The predicted octanol–water partition coefficient (Wildman–Crippen LogP) is 11.9. The molecule has 9 rings (SSSR count). The summed E-state index contributed by atoms with van der Waals surface area (Å²) in [5, 5.41) is 4.55. The molecule has 0 bridgehead atoms. The van der Waals surface area contributed by atoms with Gasteiger partial charge in [-0.15, -0.1) is 0 Å². The molecule has 47 heavy (non-hydrogen) atoms. The minimum Gasteiger partial charge on any atom is -0.456 e. The highest BCUT2D eigenvalue weighted by Crippen LogP contribution is 2.39. The maximum Gasteiger partial charge on any atom is 0.160 e. The summed E-state index contributed by atoms with van der Waals surface area (Å²) in [5.41, 5.74) is 11.2. The number of aromatic nitrogens is 2. The third-order valence-electron chi connectivity index (χ3n) is 8.88. The van der Waals surface area contributed by atoms with E-state index in [9.17, 15) is 0 Å². The molecule has 0 atom stereocenters. The molecule has 220 valence electrons. The molecule has 0 spiro atoms. The highest BCUT2D eigenvalue weighted by molar-refractivity contribution is 6.13. The van der Waals surface area contributed by atoms with Gasteiger partial charge >= 0.3 is 0 Å². The zero-order valence-corrected chi connectivity index (χ0v) is 25.5. The average Bonchev–Trinajstić information content (AvgIpc) is 3.53. The lowest BCUT2D eigenvalue weighted by molar-refractivity contribution is 0.669. The molecule has 0 N–H and O–H groups in total. The van der Waals surface area contributed by atoms with Gasteiger partial charge in [0.25, 0.3) is 0 Å². The number of nitrogens with zero attached hydrogens (tertiary/aromatic N) is 2. The van der Waals surface area contributed by atoms with Gasteiger partial charge in [0.05, 0.1) is 11.4 Å². The normalized spacial score (nSPS) is 11.4. The lowest BCUT2D eigenvalue weighted by atomic mass is 9.96. The average molecular weight is 601 g/mol. The second-order valence-electron chi connectivity index (χ2n) is 11.8. The molecule has 0 unspecified atom stereocenters. The Labute approximate surface area is 272 Å². The van der Waals surface area contributed by atoms with Crippen molar-refractivity contribution < 1.29 is 4.42 Å². The van der Waals surface area contributed by atoms with E-state index >= 15 is 0 Å². The van der Waals surface area contributed by atoms with Crippen molar-refractivity contribution in [2.45, 2.75) is 0 Å². The van der Waals surface area contributed by atoms with Crippen molar-refractivity contribution >= 4 is 32.7 Å². The Balaban J connectivity index is 1.19. The summed E-state index contributed by atoms with van der Waals surface area (Å²) in [6.45, 7) is 0. The van der Waals surface area contributed by atoms with Crippen molar-refractivity contribution in [2.75, 3.05) is 0 Å². The quantitative estimate of drug-likeness (QED) is 0.197. The fraction of sp³-hybridized carbons (Fsp3) is 0. The number of furan rings is 1. The number of fused-ring (bicyclic) bond motifs is 4. The highest BCUT2D eigenvalue weighted by atomic mass is 16.3. The van der Waals surface area contributed by atoms with Gasteiger partial charge in [0.2, 0.25) is 0 Å². The van der Waals surface area contributed by atoms with E-state index in [1.165, 1.54) is 27.5 Å². The lowest BCUT2D eigenvalue weighted by Gasteiger charge is -2.10. The van der Waals surface area contributed by atoms with Gasteiger partial charge in [-0.1, -0.05) is 133 Å². The monoisotopic (exact) mass is 600 g/mol. The van der Waals surface area contributed by atoms with E-state index in [0.29, 0.717) is 5.82 Å². The van der Waals surface area contributed by atoms with Crippen LogP contribution in [0.25, 0.3) is 88.9 Å². The molecule has 0 amide bonds. The Morgan fingerprint density at radius 1 is 0.362 bits per heavy atom. The minimum absolute atomic E-state index is 0.694. The van der Waals surface area contributed by atoms with Crippen molar-refractivity contribution in [3.05, 3.63) is 170 Å². The Hall–Kier alpha value is -6.32. The molecule has 2 aromatic heterocycles. The second-order valence-corrected chi connectivity index (χ2v) is 11.8. The summed E-state index contributed by atoms with van der Waals surface area (Å²) < 4.78 is 6.42. The van der Waals surface area contributed by atoms with Crippen LogP contribution in [0.1, 0.15) is 0 Å². The molecule has 7 aromatic carbocycles. The van der Waals surface area contributed by atoms with Gasteiger partial charge in [0, 0.05) is 27.5 Å². The van der Waals surface area contributed by atoms with E-state index < -0.39 is 0 Å². The third-order valence-corrected chi connectivity index (χ3v) is 8.88. The van der Waals surface area contributed by atoms with Crippen molar-refractivity contribution in [2.24, 2.45) is 0 Å². The molecular weight excluding hydrogens is 572 g/mol. The van der Waals surface area contributed by atoms with Gasteiger partial charge in [0.1, 0.15) is 11.2 Å². The van der Waals surface area contributed by atoms with E-state index in [-0.39, 0.29) is 0 Å². The smallest absolute Gasteiger partial charge is 0.160 e. The molecule has 2 heterocycles. The fourth-order valence-corrected chi connectivity index (χ4v) is 6.51. The lowest BCUT2D eigenvalue weighted by Crippen LogP contribution is -1.96. The zero-order valence-electron chi connectivity index (χ0n) is 25.5. The van der Waals surface area contributed by atoms with Gasteiger partial charge in [-0.25, -0.2) is 9.97 Å². The Morgan fingerprint density at radius 3 is 1.64 bits per heavy atom. The molecule has 0 aliphatic carbocycles. The Morgan fingerprint density at radius 2 is 0.936 bits per heavy atom. The van der Waals surface area contributed by atoms with Crippen LogP contribution < -0.4 is 0 Å². The van der Waals surface area contributed by atoms with E-state index in [1.807, 2.05) is 48.5 Å². The topological polar surface area (TPSA) is 38.9 Å². The molecule has 0 aliphatic heterocycles. The van der Waals surface area contributed by atoms with Crippen LogP contribution in [-0.4, -0.2) is 9.97 Å². The SMILES string of the molecule is c1ccc(-c2ccc3cc(-c4ccc5oc6cccc(-c7cc(-c8ccccc8)nc(-c8ccccc8)n7)c6c5c4)ccc3c2)cc1. The predicted molar refractivity (Wildman–Crippen MR) is 194 cm³/mol. The van der Waals surface area contributed by atoms with Crippen molar-refractivity contribution in [1.29, 1.82) is 0 Å². The first-order valence-corrected chi connectivity index (χ1v) is 15.8. The van der Waals surface area contributed by atoms with Crippen LogP contribution in [0.3, 0.4) is 0 Å². The van der Waals surface area contributed by atoms with Crippen molar-refractivity contribution in [3.63, 3.8) is 0 Å². The highest BCUT2D eigenvalue weighted by Gasteiger charge is 2.17. The third kappa shape index (κ3) is 4.95. The Bertz CT molecular complexity index is 2500. The standard InChI is InChI=1S/C44H28N2O/c1-4-11-29(12-5-1)32-19-20-34-26-35(22-21-33(34)25-32)36-23-24-41-38(27-36)43-37(17-10-18-42(43)47-41)40-28-39(30-13-6-2-7-14-30)45-44(46-40)31-15-8-3-9-16-31/h1-28H. The van der Waals surface area contributed by atoms with E-state index in [1.54, 1.807) is 0 Å². The summed E-state index contributed by atoms with van der Waals surface area (Å²) in [5.74, 6) is 0.694. The molecule has 3 heteroatoms. The fourth-order valence-electron chi connectivity index (χ4n) is 6.51. The zero-order chi connectivity index (χ0) is 31.2. The molecular formula is C44H28N2O. The first-order chi connectivity index (χ1) is 23.3. The maximum absolute atomic E-state index is 6.42. The van der Waals surface area contributed by atoms with Gasteiger partial charge in [-0.2, -0.15) is 0 Å². The largest absolute Gasteiger partial charge is 0.456 e. The van der Waals surface area contributed by atoms with Crippen molar-refractivity contribution in [3.8, 4) is 56.2 Å². The van der Waals surface area contributed by atoms with Gasteiger partial charge in [-0.05, 0) is 69.4 Å². The Kier molecular flexibility index (Phi) is 6.46. The maximum atomic E-state index is 6.42. The van der Waals surface area contributed by atoms with Crippen LogP contribution >= 0.6 is 0 Å². The number of benzene rings is 7. The van der Waals surface area contributed by atoms with Crippen LogP contribution in [0.4, 0.5) is 0 Å². The van der Waals surface area contributed by atoms with E-state index in [0.717, 1.165) is 55.6 Å². The molecule has 0 aliphatic rings. The molecule has 3 nitrogen and oxygen atoms in total. The van der Waals surface area contributed by atoms with E-state index in [4.69, 9.17) is 14.4 Å². The van der Waals surface area contributed by atoms with Crippen LogP contribution in [0.5, 0.6) is 0 Å². The summed E-state index contributed by atoms with van der Waals surface area (Å²) in [6, 6.07) is 59.2. The molecule has 0 saturated carbocycles. The van der Waals surface area contributed by atoms with Gasteiger partial charge in [-0.3, -0.25) is 0 Å². The summed E-state index contributed by atoms with van der Waals surface area (Å²) in [4.78, 5) is 10.1. The summed E-state index contributed by atoms with van der Waals surface area (Å²) >= 11 is 0. The second kappa shape index (κ2) is 11.2. The minimum atomic E-state index is 0.694. The van der Waals surface area contributed by atoms with Gasteiger partial charge in [0.15, 0.2) is 5.82 Å². The van der Waals surface area contributed by atoms with Crippen molar-refractivity contribution in [1.82, 2.24) is 9.97 Å². The van der Waals surface area contributed by atoms with Crippen LogP contribution in [0, 0.1) is 0 Å². The van der Waals surface area contributed by atoms with Gasteiger partial charge < -0.3 is 4.42 Å². The number of hydrogen-bond donors (Lipinski definition) is 0. The number of hydrogen-bond acceptors (Lipinski definition) is 3. The van der Waals surface area contributed by atoms with Crippen LogP contribution in [0.15, 0.2) is 174 Å². The van der Waals surface area contributed by atoms with E-state index in [2.05, 4.69) is 121 Å². The van der Waals surface area contributed by atoms with Crippen LogP contribution in [-0.2, 0) is 0 Å². The molecule has 0 saturated heterocycles. The molecule has 9 aromatic rings. The summed E-state index contributed by atoms with van der Waals surface area (Å²) in [7, 11) is 0. The molecule has 0 radical (unpaired) electrons. The first-order valence-electron chi connectivity index (χ1n) is 15.8.